The fourth-order valence-corrected chi connectivity index (χ4v) is 3.66. The average Bonchev–Trinajstić information content (AvgIpc) is 3.06. The Labute approximate surface area is 164 Å². The summed E-state index contributed by atoms with van der Waals surface area (Å²) in [6, 6.07) is 14.0. The Morgan fingerprint density at radius 1 is 0.960 bits per heavy atom. The van der Waals surface area contributed by atoms with Crippen LogP contribution in [0.4, 0.5) is 5.69 Å². The molecule has 0 bridgehead atoms. The standard InChI is InChI=1S/C19H21Cl2N3S/c20-16-9-17(21)11-18(10-16)23-19(25)22-12-14-3-5-15(6-4-14)13-24-7-1-2-8-24/h3-6,9-11H,1-2,7-8,12-13H2,(H2,22,23,25). The van der Waals surface area contributed by atoms with Gasteiger partial charge in [-0.05, 0) is 67.5 Å². The molecule has 0 aromatic heterocycles. The van der Waals surface area contributed by atoms with Crippen LogP contribution in [0.15, 0.2) is 42.5 Å². The Morgan fingerprint density at radius 3 is 2.20 bits per heavy atom. The van der Waals surface area contributed by atoms with Crippen molar-refractivity contribution in [2.75, 3.05) is 18.4 Å². The van der Waals surface area contributed by atoms with Crippen LogP contribution in [0.5, 0.6) is 0 Å². The van der Waals surface area contributed by atoms with Crippen LogP contribution in [-0.2, 0) is 13.1 Å². The average molecular weight is 394 g/mol. The predicted molar refractivity (Wildman–Crippen MR) is 110 cm³/mol. The highest BCUT2D eigenvalue weighted by molar-refractivity contribution is 7.80. The molecule has 2 N–H and O–H groups in total. The van der Waals surface area contributed by atoms with Gasteiger partial charge in [-0.15, -0.1) is 0 Å². The maximum atomic E-state index is 5.99. The van der Waals surface area contributed by atoms with Gasteiger partial charge in [0.15, 0.2) is 5.11 Å². The van der Waals surface area contributed by atoms with Gasteiger partial charge in [0, 0.05) is 28.8 Å². The minimum absolute atomic E-state index is 0.541. The highest BCUT2D eigenvalue weighted by Crippen LogP contribution is 2.22. The quantitative estimate of drug-likeness (QED) is 0.692. The monoisotopic (exact) mass is 393 g/mol. The molecule has 25 heavy (non-hydrogen) atoms. The number of thiocarbonyl (C=S) groups is 1. The van der Waals surface area contributed by atoms with Gasteiger partial charge in [-0.1, -0.05) is 47.5 Å². The van der Waals surface area contributed by atoms with Gasteiger partial charge in [-0.2, -0.15) is 0 Å². The number of benzene rings is 2. The molecule has 1 saturated heterocycles. The highest BCUT2D eigenvalue weighted by Gasteiger charge is 2.11. The molecule has 1 heterocycles. The summed E-state index contributed by atoms with van der Waals surface area (Å²) in [6.07, 6.45) is 2.65. The van der Waals surface area contributed by atoms with Gasteiger partial charge in [0.2, 0.25) is 0 Å². The number of halogens is 2. The van der Waals surface area contributed by atoms with Crippen molar-refractivity contribution in [1.29, 1.82) is 0 Å². The zero-order chi connectivity index (χ0) is 17.6. The van der Waals surface area contributed by atoms with Crippen LogP contribution in [-0.4, -0.2) is 23.1 Å². The molecular weight excluding hydrogens is 373 g/mol. The van der Waals surface area contributed by atoms with Crippen molar-refractivity contribution in [2.45, 2.75) is 25.9 Å². The Morgan fingerprint density at radius 2 is 1.56 bits per heavy atom. The third-order valence-electron chi connectivity index (χ3n) is 4.20. The Balaban J connectivity index is 1.48. The second-order valence-electron chi connectivity index (χ2n) is 6.27. The van der Waals surface area contributed by atoms with Gasteiger partial charge < -0.3 is 10.6 Å². The summed E-state index contributed by atoms with van der Waals surface area (Å²) in [4.78, 5) is 2.50. The lowest BCUT2D eigenvalue weighted by Crippen LogP contribution is -2.27. The topological polar surface area (TPSA) is 27.3 Å². The normalized spacial score (nSPS) is 14.5. The SMILES string of the molecule is S=C(NCc1ccc(CN2CCCC2)cc1)Nc1cc(Cl)cc(Cl)c1. The molecule has 0 saturated carbocycles. The van der Waals surface area contributed by atoms with Crippen LogP contribution in [0.3, 0.4) is 0 Å². The lowest BCUT2D eigenvalue weighted by molar-refractivity contribution is 0.331. The third-order valence-corrected chi connectivity index (χ3v) is 4.88. The van der Waals surface area contributed by atoms with E-state index in [2.05, 4.69) is 39.8 Å². The lowest BCUT2D eigenvalue weighted by Gasteiger charge is -2.15. The molecule has 0 amide bonds. The van der Waals surface area contributed by atoms with E-state index in [-0.39, 0.29) is 0 Å². The molecule has 0 spiro atoms. The summed E-state index contributed by atoms with van der Waals surface area (Å²) in [5.74, 6) is 0. The van der Waals surface area contributed by atoms with E-state index >= 15 is 0 Å². The summed E-state index contributed by atoms with van der Waals surface area (Å²) >= 11 is 17.3. The first-order chi connectivity index (χ1) is 12.1. The number of likely N-dealkylation sites (tertiary alicyclic amines) is 1. The van der Waals surface area contributed by atoms with Crippen LogP contribution < -0.4 is 10.6 Å². The maximum Gasteiger partial charge on any atom is 0.171 e. The molecule has 1 aliphatic rings. The minimum atomic E-state index is 0.541. The van der Waals surface area contributed by atoms with Gasteiger partial charge in [-0.3, -0.25) is 4.90 Å². The minimum Gasteiger partial charge on any atom is -0.358 e. The van der Waals surface area contributed by atoms with Crippen LogP contribution in [0.1, 0.15) is 24.0 Å². The molecule has 6 heteroatoms. The van der Waals surface area contributed by atoms with E-state index in [0.29, 0.717) is 21.7 Å². The predicted octanol–water partition coefficient (Wildman–Crippen LogP) is 5.08. The third kappa shape index (κ3) is 5.86. The van der Waals surface area contributed by atoms with Crippen molar-refractivity contribution in [1.82, 2.24) is 10.2 Å². The summed E-state index contributed by atoms with van der Waals surface area (Å²) in [5.41, 5.74) is 3.33. The number of nitrogens with one attached hydrogen (secondary N) is 2. The number of rotatable bonds is 5. The fraction of sp³-hybridized carbons (Fsp3) is 0.316. The van der Waals surface area contributed by atoms with E-state index in [0.717, 1.165) is 12.2 Å². The van der Waals surface area contributed by atoms with Gasteiger partial charge in [-0.25, -0.2) is 0 Å². The van der Waals surface area contributed by atoms with E-state index in [1.807, 2.05) is 0 Å². The van der Waals surface area contributed by atoms with E-state index in [4.69, 9.17) is 35.4 Å². The van der Waals surface area contributed by atoms with Crippen LogP contribution in [0.2, 0.25) is 10.0 Å². The fourth-order valence-electron chi connectivity index (χ4n) is 2.95. The van der Waals surface area contributed by atoms with Crippen LogP contribution in [0.25, 0.3) is 0 Å². The zero-order valence-electron chi connectivity index (χ0n) is 13.9. The molecule has 0 unspecified atom stereocenters. The number of hydrogen-bond acceptors (Lipinski definition) is 2. The Kier molecular flexibility index (Phi) is 6.54. The van der Waals surface area contributed by atoms with E-state index in [9.17, 15) is 0 Å². The van der Waals surface area contributed by atoms with E-state index in [1.54, 1.807) is 18.2 Å². The number of hydrogen-bond donors (Lipinski definition) is 2. The van der Waals surface area contributed by atoms with Gasteiger partial charge in [0.1, 0.15) is 0 Å². The Hall–Kier alpha value is -1.33. The van der Waals surface area contributed by atoms with Gasteiger partial charge >= 0.3 is 0 Å². The largest absolute Gasteiger partial charge is 0.358 e. The number of nitrogens with zero attached hydrogens (tertiary/aromatic N) is 1. The van der Waals surface area contributed by atoms with Crippen molar-refractivity contribution in [2.24, 2.45) is 0 Å². The molecule has 1 fully saturated rings. The summed E-state index contributed by atoms with van der Waals surface area (Å²) in [6.45, 7) is 4.15. The second-order valence-corrected chi connectivity index (χ2v) is 7.55. The molecular formula is C19H21Cl2N3S. The van der Waals surface area contributed by atoms with Crippen molar-refractivity contribution in [3.8, 4) is 0 Å². The van der Waals surface area contributed by atoms with E-state index in [1.165, 1.54) is 37.1 Å². The van der Waals surface area contributed by atoms with Crippen LogP contribution >= 0.6 is 35.4 Å². The van der Waals surface area contributed by atoms with Crippen LogP contribution in [0, 0.1) is 0 Å². The Bertz CT molecular complexity index is 708. The first-order valence-corrected chi connectivity index (χ1v) is 9.56. The van der Waals surface area contributed by atoms with Crippen molar-refractivity contribution < 1.29 is 0 Å². The highest BCUT2D eigenvalue weighted by atomic mass is 35.5. The lowest BCUT2D eigenvalue weighted by atomic mass is 10.1. The molecule has 3 nitrogen and oxygen atoms in total. The molecule has 2 aromatic carbocycles. The summed E-state index contributed by atoms with van der Waals surface area (Å²) in [5, 5.41) is 7.99. The van der Waals surface area contributed by atoms with Crippen molar-refractivity contribution in [3.05, 3.63) is 63.6 Å². The second kappa shape index (κ2) is 8.86. The zero-order valence-corrected chi connectivity index (χ0v) is 16.2. The van der Waals surface area contributed by atoms with E-state index < -0.39 is 0 Å². The maximum absolute atomic E-state index is 5.99. The summed E-state index contributed by atoms with van der Waals surface area (Å²) in [7, 11) is 0. The molecule has 3 rings (SSSR count). The molecule has 1 aliphatic heterocycles. The van der Waals surface area contributed by atoms with Crippen molar-refractivity contribution in [3.63, 3.8) is 0 Å². The first-order valence-electron chi connectivity index (χ1n) is 8.39. The first kappa shape index (κ1) is 18.5. The molecule has 2 aromatic rings. The molecule has 0 aliphatic carbocycles. The summed E-state index contributed by atoms with van der Waals surface area (Å²) < 4.78 is 0. The number of anilines is 1. The molecule has 132 valence electrons. The van der Waals surface area contributed by atoms with Gasteiger partial charge in [0.05, 0.1) is 0 Å². The van der Waals surface area contributed by atoms with Crippen molar-refractivity contribution >= 4 is 46.2 Å². The molecule has 0 radical (unpaired) electrons. The van der Waals surface area contributed by atoms with Gasteiger partial charge in [0.25, 0.3) is 0 Å². The smallest absolute Gasteiger partial charge is 0.171 e. The molecule has 0 atom stereocenters.